The smallest absolute Gasteiger partial charge is 0.314 e. The quantitative estimate of drug-likeness (QED) is 0.611. The van der Waals surface area contributed by atoms with E-state index < -0.39 is 27.0 Å². The molecule has 29 heavy (non-hydrogen) atoms. The van der Waals surface area contributed by atoms with Gasteiger partial charge in [-0.05, 0) is 36.2 Å². The van der Waals surface area contributed by atoms with Crippen molar-refractivity contribution in [2.24, 2.45) is 0 Å². The van der Waals surface area contributed by atoms with Gasteiger partial charge in [-0.1, -0.05) is 19.1 Å². The van der Waals surface area contributed by atoms with Crippen LogP contribution < -0.4 is 10.3 Å². The first-order valence-corrected chi connectivity index (χ1v) is 10.6. The van der Waals surface area contributed by atoms with Crippen LogP contribution in [0.2, 0.25) is 0 Å². The predicted molar refractivity (Wildman–Crippen MR) is 104 cm³/mol. The molecule has 0 amide bonds. The number of benzene rings is 2. The summed E-state index contributed by atoms with van der Waals surface area (Å²) in [6.07, 6.45) is 3.00. The molecule has 3 aromatic rings. The van der Waals surface area contributed by atoms with Gasteiger partial charge in [0.2, 0.25) is 0 Å². The molecule has 0 atom stereocenters. The molecule has 0 saturated heterocycles. The second-order valence-electron chi connectivity index (χ2n) is 6.35. The first-order chi connectivity index (χ1) is 13.7. The molecule has 0 radical (unpaired) electrons. The second-order valence-corrected chi connectivity index (χ2v) is 8.36. The largest absolute Gasteiger partial charge is 0.487 e. The van der Waals surface area contributed by atoms with Gasteiger partial charge in [0.1, 0.15) is 17.3 Å². The van der Waals surface area contributed by atoms with Gasteiger partial charge in [0.05, 0.1) is 17.7 Å². The highest BCUT2D eigenvalue weighted by Gasteiger charge is 2.18. The van der Waals surface area contributed by atoms with E-state index >= 15 is 0 Å². The summed E-state index contributed by atoms with van der Waals surface area (Å²) in [6, 6.07) is 8.59. The Morgan fingerprint density at radius 1 is 1.10 bits per heavy atom. The lowest BCUT2D eigenvalue weighted by Crippen LogP contribution is -2.25. The molecule has 6 nitrogen and oxygen atoms in total. The minimum atomic E-state index is -3.38. The highest BCUT2D eigenvalue weighted by Crippen LogP contribution is 2.28. The number of halogens is 2. The maximum absolute atomic E-state index is 14.1. The van der Waals surface area contributed by atoms with E-state index in [-0.39, 0.29) is 22.9 Å². The molecular formula is C20H18F2N2O4S. The molecule has 0 aliphatic carbocycles. The fourth-order valence-corrected chi connectivity index (χ4v) is 3.32. The number of hydrogen-bond acceptors (Lipinski definition) is 5. The highest BCUT2D eigenvalue weighted by molar-refractivity contribution is 7.90. The van der Waals surface area contributed by atoms with Gasteiger partial charge in [0.15, 0.2) is 15.6 Å². The third-order valence-electron chi connectivity index (χ3n) is 4.11. The molecule has 0 saturated carbocycles. The van der Waals surface area contributed by atoms with Crippen LogP contribution >= 0.6 is 0 Å². The number of ether oxygens (including phenoxy) is 1. The number of rotatable bonds is 6. The van der Waals surface area contributed by atoms with Gasteiger partial charge in [-0.25, -0.2) is 17.2 Å². The van der Waals surface area contributed by atoms with E-state index in [0.29, 0.717) is 17.5 Å². The van der Waals surface area contributed by atoms with Crippen LogP contribution in [0, 0.1) is 11.6 Å². The Morgan fingerprint density at radius 2 is 1.79 bits per heavy atom. The minimum Gasteiger partial charge on any atom is -0.487 e. The van der Waals surface area contributed by atoms with Crippen LogP contribution in [-0.2, 0) is 9.84 Å². The van der Waals surface area contributed by atoms with Crippen molar-refractivity contribution in [2.75, 3.05) is 12.9 Å². The van der Waals surface area contributed by atoms with Gasteiger partial charge in [-0.15, -0.1) is 0 Å². The minimum absolute atomic E-state index is 0.0855. The van der Waals surface area contributed by atoms with E-state index in [4.69, 9.17) is 4.74 Å². The van der Waals surface area contributed by atoms with Gasteiger partial charge < -0.3 is 4.74 Å². The first kappa shape index (κ1) is 20.7. The number of sulfone groups is 1. The van der Waals surface area contributed by atoms with Crippen LogP contribution in [0.5, 0.6) is 5.75 Å². The van der Waals surface area contributed by atoms with Crippen molar-refractivity contribution in [1.29, 1.82) is 0 Å². The zero-order chi connectivity index (χ0) is 21.2. The fraction of sp³-hybridized carbons (Fsp3) is 0.200. The molecule has 3 rings (SSSR count). The van der Waals surface area contributed by atoms with Crippen LogP contribution in [0.4, 0.5) is 8.78 Å². The molecule has 0 spiro atoms. The standard InChI is InChI=1S/C20H18F2N2O4S/c1-3-10-28-19-16(13-4-7-15(8-5-13)29(2,26)27)12-23-24(20(19)25)18-11-14(21)6-9-17(18)22/h4-9,11-12H,3,10H2,1-2H3. The van der Waals surface area contributed by atoms with E-state index in [1.54, 1.807) is 0 Å². The van der Waals surface area contributed by atoms with E-state index in [9.17, 15) is 22.0 Å². The van der Waals surface area contributed by atoms with Crippen molar-refractivity contribution >= 4 is 9.84 Å². The molecule has 2 aromatic carbocycles. The average molecular weight is 420 g/mol. The molecular weight excluding hydrogens is 402 g/mol. The molecule has 0 bridgehead atoms. The van der Waals surface area contributed by atoms with Crippen LogP contribution in [-0.4, -0.2) is 31.1 Å². The molecule has 1 heterocycles. The van der Waals surface area contributed by atoms with E-state index in [2.05, 4.69) is 5.10 Å². The average Bonchev–Trinajstić information content (AvgIpc) is 2.68. The van der Waals surface area contributed by atoms with Gasteiger partial charge in [-0.2, -0.15) is 9.78 Å². The Hall–Kier alpha value is -3.07. The second kappa shape index (κ2) is 8.12. The van der Waals surface area contributed by atoms with Crippen LogP contribution in [0.25, 0.3) is 16.8 Å². The summed E-state index contributed by atoms with van der Waals surface area (Å²) in [5.41, 5.74) is -0.278. The Labute approximate surface area is 166 Å². The summed E-state index contributed by atoms with van der Waals surface area (Å²) < 4.78 is 57.3. The third-order valence-corrected chi connectivity index (χ3v) is 5.24. The SMILES string of the molecule is CCCOc1c(-c2ccc(S(C)(=O)=O)cc2)cnn(-c2cc(F)ccc2F)c1=O. The van der Waals surface area contributed by atoms with Crippen LogP contribution in [0.1, 0.15) is 13.3 Å². The van der Waals surface area contributed by atoms with Crippen molar-refractivity contribution in [3.8, 4) is 22.6 Å². The lowest BCUT2D eigenvalue weighted by Gasteiger charge is -2.13. The number of nitrogens with zero attached hydrogens (tertiary/aromatic N) is 2. The molecule has 0 aliphatic rings. The normalized spacial score (nSPS) is 11.4. The van der Waals surface area contributed by atoms with Crippen molar-refractivity contribution in [2.45, 2.75) is 18.2 Å². The van der Waals surface area contributed by atoms with Gasteiger partial charge in [-0.3, -0.25) is 4.79 Å². The summed E-state index contributed by atoms with van der Waals surface area (Å²) in [5.74, 6) is -1.61. The Morgan fingerprint density at radius 3 is 2.41 bits per heavy atom. The first-order valence-electron chi connectivity index (χ1n) is 8.73. The zero-order valence-corrected chi connectivity index (χ0v) is 16.5. The Kier molecular flexibility index (Phi) is 5.78. The van der Waals surface area contributed by atoms with Crippen LogP contribution in [0.15, 0.2) is 58.4 Å². The molecule has 0 fully saturated rings. The molecule has 0 N–H and O–H groups in total. The summed E-state index contributed by atoms with van der Waals surface area (Å²) in [7, 11) is -3.38. The summed E-state index contributed by atoms with van der Waals surface area (Å²) in [4.78, 5) is 13.1. The highest BCUT2D eigenvalue weighted by atomic mass is 32.2. The summed E-state index contributed by atoms with van der Waals surface area (Å²) in [5, 5.41) is 3.97. The lowest BCUT2D eigenvalue weighted by molar-refractivity contribution is 0.311. The van der Waals surface area contributed by atoms with E-state index in [1.807, 2.05) is 6.92 Å². The third kappa shape index (κ3) is 4.34. The fourth-order valence-electron chi connectivity index (χ4n) is 2.69. The molecule has 0 unspecified atom stereocenters. The van der Waals surface area contributed by atoms with Gasteiger partial charge in [0, 0.05) is 17.9 Å². The Bertz CT molecular complexity index is 1210. The van der Waals surface area contributed by atoms with Crippen LogP contribution in [0.3, 0.4) is 0 Å². The molecule has 0 aliphatic heterocycles. The van der Waals surface area contributed by atoms with Crippen molar-refractivity contribution in [3.05, 3.63) is 70.6 Å². The lowest BCUT2D eigenvalue weighted by atomic mass is 10.1. The molecule has 152 valence electrons. The van der Waals surface area contributed by atoms with Gasteiger partial charge >= 0.3 is 5.56 Å². The predicted octanol–water partition coefficient (Wildman–Crippen LogP) is 3.37. The van der Waals surface area contributed by atoms with Crippen molar-refractivity contribution in [3.63, 3.8) is 0 Å². The monoisotopic (exact) mass is 420 g/mol. The van der Waals surface area contributed by atoms with Crippen molar-refractivity contribution in [1.82, 2.24) is 9.78 Å². The maximum Gasteiger partial charge on any atom is 0.314 e. The van der Waals surface area contributed by atoms with Gasteiger partial charge in [0.25, 0.3) is 0 Å². The Balaban J connectivity index is 2.17. The number of hydrogen-bond donors (Lipinski definition) is 0. The molecule has 9 heteroatoms. The summed E-state index contributed by atoms with van der Waals surface area (Å²) in [6.45, 7) is 2.08. The van der Waals surface area contributed by atoms with E-state index in [1.165, 1.54) is 30.5 Å². The van der Waals surface area contributed by atoms with Crippen molar-refractivity contribution < 1.29 is 21.9 Å². The number of aromatic nitrogens is 2. The topological polar surface area (TPSA) is 78.3 Å². The zero-order valence-electron chi connectivity index (χ0n) is 15.7. The van der Waals surface area contributed by atoms with E-state index in [0.717, 1.165) is 29.1 Å². The molecule has 1 aromatic heterocycles. The maximum atomic E-state index is 14.1. The summed E-state index contributed by atoms with van der Waals surface area (Å²) >= 11 is 0.